The normalized spacial score (nSPS) is 14.5. The number of carbonyl (C=O) groups is 1. The molecular formula is C21H20N2O. The van der Waals surface area contributed by atoms with Crippen molar-refractivity contribution < 1.29 is 4.79 Å². The zero-order chi connectivity index (χ0) is 16.5. The number of amides is 1. The molecule has 4 rings (SSSR count). The molecule has 0 N–H and O–H groups in total. The van der Waals surface area contributed by atoms with Crippen molar-refractivity contribution in [1.82, 2.24) is 9.88 Å². The second-order valence-corrected chi connectivity index (χ2v) is 6.44. The molecule has 1 aliphatic heterocycles. The van der Waals surface area contributed by atoms with Gasteiger partial charge in [0.15, 0.2) is 0 Å². The van der Waals surface area contributed by atoms with Gasteiger partial charge in [0.05, 0.1) is 5.52 Å². The molecular weight excluding hydrogens is 296 g/mol. The Morgan fingerprint density at radius 3 is 2.75 bits per heavy atom. The van der Waals surface area contributed by atoms with Crippen molar-refractivity contribution in [2.45, 2.75) is 26.3 Å². The number of nitrogens with zero attached hydrogens (tertiary/aromatic N) is 2. The van der Waals surface area contributed by atoms with E-state index in [-0.39, 0.29) is 5.91 Å². The number of benzene rings is 2. The van der Waals surface area contributed by atoms with Gasteiger partial charge in [0, 0.05) is 31.1 Å². The molecule has 2 aromatic carbocycles. The van der Waals surface area contributed by atoms with Gasteiger partial charge in [-0.25, -0.2) is 0 Å². The van der Waals surface area contributed by atoms with Gasteiger partial charge in [-0.15, -0.1) is 0 Å². The van der Waals surface area contributed by atoms with Gasteiger partial charge >= 0.3 is 0 Å². The lowest BCUT2D eigenvalue weighted by atomic mass is 9.97. The van der Waals surface area contributed by atoms with Crippen LogP contribution in [0.5, 0.6) is 0 Å². The quantitative estimate of drug-likeness (QED) is 0.720. The monoisotopic (exact) mass is 316 g/mol. The van der Waals surface area contributed by atoms with Crippen LogP contribution in [-0.2, 0) is 11.3 Å². The van der Waals surface area contributed by atoms with E-state index in [1.807, 2.05) is 11.1 Å². The zero-order valence-electron chi connectivity index (χ0n) is 13.8. The van der Waals surface area contributed by atoms with Crippen LogP contribution in [-0.4, -0.2) is 22.3 Å². The third kappa shape index (κ3) is 2.67. The summed E-state index contributed by atoms with van der Waals surface area (Å²) in [7, 11) is 0. The Morgan fingerprint density at radius 2 is 1.96 bits per heavy atom. The first-order chi connectivity index (χ1) is 11.7. The van der Waals surface area contributed by atoms with E-state index in [0.29, 0.717) is 13.0 Å². The molecule has 0 saturated carbocycles. The van der Waals surface area contributed by atoms with Gasteiger partial charge in [-0.1, -0.05) is 36.4 Å². The van der Waals surface area contributed by atoms with Crippen LogP contribution in [0.4, 0.5) is 0 Å². The summed E-state index contributed by atoms with van der Waals surface area (Å²) < 4.78 is 0. The zero-order valence-corrected chi connectivity index (χ0v) is 13.8. The fourth-order valence-electron chi connectivity index (χ4n) is 3.49. The van der Waals surface area contributed by atoms with Crippen LogP contribution in [0.25, 0.3) is 22.0 Å². The third-order valence-corrected chi connectivity index (χ3v) is 4.79. The van der Waals surface area contributed by atoms with E-state index in [1.165, 1.54) is 16.7 Å². The van der Waals surface area contributed by atoms with Crippen LogP contribution in [0, 0.1) is 6.92 Å². The van der Waals surface area contributed by atoms with E-state index in [9.17, 15) is 4.79 Å². The van der Waals surface area contributed by atoms with Crippen molar-refractivity contribution in [1.29, 1.82) is 0 Å². The number of rotatable bonds is 3. The number of hydrogen-bond acceptors (Lipinski definition) is 2. The van der Waals surface area contributed by atoms with Crippen LogP contribution in [0.1, 0.15) is 24.0 Å². The highest BCUT2D eigenvalue weighted by Crippen LogP contribution is 2.30. The molecule has 1 aliphatic rings. The maximum Gasteiger partial charge on any atom is 0.222 e. The summed E-state index contributed by atoms with van der Waals surface area (Å²) in [4.78, 5) is 18.3. The van der Waals surface area contributed by atoms with Crippen molar-refractivity contribution in [3.8, 4) is 11.1 Å². The van der Waals surface area contributed by atoms with Crippen molar-refractivity contribution in [3.05, 3.63) is 65.9 Å². The minimum atomic E-state index is 0.261. The molecule has 0 bridgehead atoms. The van der Waals surface area contributed by atoms with Gasteiger partial charge in [-0.05, 0) is 47.7 Å². The van der Waals surface area contributed by atoms with Crippen LogP contribution in [0.3, 0.4) is 0 Å². The average Bonchev–Trinajstić information content (AvgIpc) is 3.00. The van der Waals surface area contributed by atoms with E-state index >= 15 is 0 Å². The number of pyridine rings is 1. The van der Waals surface area contributed by atoms with Crippen LogP contribution >= 0.6 is 0 Å². The summed E-state index contributed by atoms with van der Waals surface area (Å²) in [6.07, 6.45) is 3.53. The molecule has 0 aliphatic carbocycles. The number of carbonyl (C=O) groups excluding carboxylic acids is 1. The van der Waals surface area contributed by atoms with Crippen molar-refractivity contribution in [3.63, 3.8) is 0 Å². The summed E-state index contributed by atoms with van der Waals surface area (Å²) >= 11 is 0. The fraction of sp³-hybridized carbons (Fsp3) is 0.238. The first kappa shape index (κ1) is 14.9. The largest absolute Gasteiger partial charge is 0.338 e. The maximum absolute atomic E-state index is 11.8. The second-order valence-electron chi connectivity index (χ2n) is 6.44. The lowest BCUT2D eigenvalue weighted by Gasteiger charge is -2.16. The second kappa shape index (κ2) is 6.08. The first-order valence-electron chi connectivity index (χ1n) is 8.44. The third-order valence-electron chi connectivity index (χ3n) is 4.79. The van der Waals surface area contributed by atoms with Gasteiger partial charge < -0.3 is 4.90 Å². The van der Waals surface area contributed by atoms with E-state index in [2.05, 4.69) is 60.4 Å². The fourth-order valence-corrected chi connectivity index (χ4v) is 3.49. The summed E-state index contributed by atoms with van der Waals surface area (Å²) in [6.45, 7) is 3.69. The maximum atomic E-state index is 11.8. The molecule has 3 nitrogen and oxygen atoms in total. The first-order valence-corrected chi connectivity index (χ1v) is 8.44. The van der Waals surface area contributed by atoms with Gasteiger partial charge in [-0.3, -0.25) is 9.78 Å². The van der Waals surface area contributed by atoms with Gasteiger partial charge in [-0.2, -0.15) is 0 Å². The molecule has 1 saturated heterocycles. The van der Waals surface area contributed by atoms with Crippen LogP contribution in [0.2, 0.25) is 0 Å². The van der Waals surface area contributed by atoms with Crippen molar-refractivity contribution in [2.24, 2.45) is 0 Å². The minimum Gasteiger partial charge on any atom is -0.338 e. The van der Waals surface area contributed by atoms with Gasteiger partial charge in [0.2, 0.25) is 5.91 Å². The Hall–Kier alpha value is -2.68. The van der Waals surface area contributed by atoms with E-state index in [0.717, 1.165) is 29.4 Å². The number of aromatic nitrogens is 1. The Morgan fingerprint density at radius 1 is 1.08 bits per heavy atom. The molecule has 0 radical (unpaired) electrons. The van der Waals surface area contributed by atoms with E-state index < -0.39 is 0 Å². The number of fused-ring (bicyclic) bond motifs is 1. The molecule has 1 amide bonds. The van der Waals surface area contributed by atoms with Gasteiger partial charge in [0.1, 0.15) is 0 Å². The standard InChI is InChI=1S/C21H20N2O/c1-15-5-2-3-6-17(15)18-10-11-22-20-13-16(8-9-19(18)20)14-23-12-4-7-21(23)24/h2-3,5-6,8-11,13H,4,7,12,14H2,1H3. The predicted octanol–water partition coefficient (Wildman–Crippen LogP) is 4.33. The molecule has 0 atom stereocenters. The van der Waals surface area contributed by atoms with Gasteiger partial charge in [0.25, 0.3) is 0 Å². The highest BCUT2D eigenvalue weighted by atomic mass is 16.2. The summed E-state index contributed by atoms with van der Waals surface area (Å²) in [5, 5.41) is 1.16. The molecule has 1 aromatic heterocycles. The molecule has 0 spiro atoms. The smallest absolute Gasteiger partial charge is 0.222 e. The summed E-state index contributed by atoms with van der Waals surface area (Å²) in [6, 6.07) is 16.9. The molecule has 3 heteroatoms. The number of aryl methyl sites for hydroxylation is 1. The number of hydrogen-bond donors (Lipinski definition) is 0. The molecule has 24 heavy (non-hydrogen) atoms. The lowest BCUT2D eigenvalue weighted by Crippen LogP contribution is -2.23. The summed E-state index contributed by atoms with van der Waals surface area (Å²) in [5.41, 5.74) is 5.85. The Balaban J connectivity index is 1.74. The molecule has 1 fully saturated rings. The molecule has 3 aromatic rings. The topological polar surface area (TPSA) is 33.2 Å². The summed E-state index contributed by atoms with van der Waals surface area (Å²) in [5.74, 6) is 0.261. The molecule has 120 valence electrons. The molecule has 0 unspecified atom stereocenters. The van der Waals surface area contributed by atoms with Crippen LogP contribution < -0.4 is 0 Å². The average molecular weight is 316 g/mol. The Bertz CT molecular complexity index is 917. The highest BCUT2D eigenvalue weighted by molar-refractivity contribution is 5.95. The van der Waals surface area contributed by atoms with Crippen molar-refractivity contribution in [2.75, 3.05) is 6.54 Å². The SMILES string of the molecule is Cc1ccccc1-c1ccnc2cc(CN3CCCC3=O)ccc12. The predicted molar refractivity (Wildman–Crippen MR) is 96.6 cm³/mol. The van der Waals surface area contributed by atoms with Crippen molar-refractivity contribution >= 4 is 16.8 Å². The minimum absolute atomic E-state index is 0.261. The van der Waals surface area contributed by atoms with E-state index in [4.69, 9.17) is 0 Å². The Labute approximate surface area is 141 Å². The Kier molecular flexibility index (Phi) is 3.77. The number of likely N-dealkylation sites (tertiary alicyclic amines) is 1. The lowest BCUT2D eigenvalue weighted by molar-refractivity contribution is -0.128. The van der Waals surface area contributed by atoms with Crippen LogP contribution in [0.15, 0.2) is 54.7 Å². The molecule has 2 heterocycles. The highest BCUT2D eigenvalue weighted by Gasteiger charge is 2.20. The van der Waals surface area contributed by atoms with E-state index in [1.54, 1.807) is 0 Å².